The van der Waals surface area contributed by atoms with Gasteiger partial charge < -0.3 is 5.41 Å². The van der Waals surface area contributed by atoms with Crippen LogP contribution in [0.4, 0.5) is 0 Å². The van der Waals surface area contributed by atoms with E-state index in [4.69, 9.17) is 5.41 Å². The molecule has 0 saturated carbocycles. The third kappa shape index (κ3) is 1.34. The fourth-order valence-corrected chi connectivity index (χ4v) is 1.87. The van der Waals surface area contributed by atoms with Crippen LogP contribution in [0.25, 0.3) is 23.1 Å². The number of hydrogen-bond acceptors (Lipinski definition) is 2. The summed E-state index contributed by atoms with van der Waals surface area (Å²) in [6.07, 6.45) is 4.63. The summed E-state index contributed by atoms with van der Waals surface area (Å²) in [6.45, 7) is 0. The average Bonchev–Trinajstić information content (AvgIpc) is 2.26. The minimum Gasteiger partial charge on any atom is -0.305 e. The molecule has 72 valence electrons. The monoisotopic (exact) mass is 194 g/mol. The van der Waals surface area contributed by atoms with E-state index in [1.54, 1.807) is 0 Å². The smallest absolute Gasteiger partial charge is 0.0724 e. The average molecular weight is 194 g/mol. The van der Waals surface area contributed by atoms with Crippen molar-refractivity contribution in [2.45, 2.75) is 6.42 Å². The van der Waals surface area contributed by atoms with Crippen LogP contribution >= 0.6 is 0 Å². The third-order valence-corrected chi connectivity index (χ3v) is 2.64. The number of benzene rings is 1. The molecule has 1 N–H and O–H groups in total. The van der Waals surface area contributed by atoms with Gasteiger partial charge in [0.2, 0.25) is 0 Å². The van der Waals surface area contributed by atoms with E-state index in [0.29, 0.717) is 12.1 Å². The van der Waals surface area contributed by atoms with Crippen LogP contribution < -0.4 is 10.6 Å². The number of nitrogens with zero attached hydrogens (tertiary/aromatic N) is 1. The summed E-state index contributed by atoms with van der Waals surface area (Å²) in [4.78, 5) is 4.54. The van der Waals surface area contributed by atoms with Gasteiger partial charge in [0, 0.05) is 17.5 Å². The Morgan fingerprint density at radius 3 is 3.00 bits per heavy atom. The Kier molecular flexibility index (Phi) is 1.68. The fraction of sp³-hybridized carbons (Fsp3) is 0.0769. The molecule has 15 heavy (non-hydrogen) atoms. The Hall–Kier alpha value is -1.96. The lowest BCUT2D eigenvalue weighted by Crippen LogP contribution is -2.31. The number of fused-ring (bicyclic) bond motifs is 2. The Balaban J connectivity index is 2.49. The zero-order chi connectivity index (χ0) is 10.3. The van der Waals surface area contributed by atoms with E-state index >= 15 is 0 Å². The summed E-state index contributed by atoms with van der Waals surface area (Å²) < 4.78 is 0. The van der Waals surface area contributed by atoms with Gasteiger partial charge in [-0.1, -0.05) is 24.3 Å². The summed E-state index contributed by atoms with van der Waals surface area (Å²) in [5.41, 5.74) is 1.63. The van der Waals surface area contributed by atoms with Gasteiger partial charge in [0.15, 0.2) is 0 Å². The highest BCUT2D eigenvalue weighted by Crippen LogP contribution is 2.06. The zero-order valence-corrected chi connectivity index (χ0v) is 8.20. The molecule has 2 aromatic rings. The number of hydrogen-bond donors (Lipinski definition) is 1. The van der Waals surface area contributed by atoms with Crippen LogP contribution in [0.5, 0.6) is 0 Å². The molecule has 0 bridgehead atoms. The quantitative estimate of drug-likeness (QED) is 0.672. The molecule has 3 rings (SSSR count). The summed E-state index contributed by atoms with van der Waals surface area (Å²) >= 11 is 0. The molecular formula is C13H10N2. The topological polar surface area (TPSA) is 36.7 Å². The Labute approximate surface area is 87.1 Å². The van der Waals surface area contributed by atoms with Gasteiger partial charge in [-0.3, -0.25) is 0 Å². The molecule has 0 aliphatic heterocycles. The lowest BCUT2D eigenvalue weighted by molar-refractivity contribution is 1.26. The second-order valence-electron chi connectivity index (χ2n) is 3.73. The number of para-hydroxylation sites is 1. The van der Waals surface area contributed by atoms with E-state index in [1.165, 1.54) is 0 Å². The first-order valence-corrected chi connectivity index (χ1v) is 4.98. The van der Waals surface area contributed by atoms with E-state index in [0.717, 1.165) is 21.5 Å². The first kappa shape index (κ1) is 8.36. The number of rotatable bonds is 0. The van der Waals surface area contributed by atoms with Crippen LogP contribution in [0.2, 0.25) is 0 Å². The summed E-state index contributed by atoms with van der Waals surface area (Å²) in [5, 5.41) is 10.8. The molecule has 0 fully saturated rings. The van der Waals surface area contributed by atoms with Gasteiger partial charge in [0.1, 0.15) is 0 Å². The molecule has 0 spiro atoms. The number of aromatic nitrogens is 1. The lowest BCUT2D eigenvalue weighted by atomic mass is 10.1. The van der Waals surface area contributed by atoms with Crippen molar-refractivity contribution >= 4 is 28.8 Å². The Morgan fingerprint density at radius 1 is 1.20 bits per heavy atom. The van der Waals surface area contributed by atoms with Gasteiger partial charge in [0.05, 0.1) is 10.9 Å². The molecule has 1 aliphatic rings. The van der Waals surface area contributed by atoms with Crippen LogP contribution in [-0.4, -0.2) is 10.7 Å². The second-order valence-corrected chi connectivity index (χ2v) is 3.73. The molecule has 1 aromatic carbocycles. The van der Waals surface area contributed by atoms with Gasteiger partial charge in [-0.25, -0.2) is 4.98 Å². The van der Waals surface area contributed by atoms with Crippen molar-refractivity contribution < 1.29 is 0 Å². The molecule has 1 heterocycles. The van der Waals surface area contributed by atoms with Crippen LogP contribution in [-0.2, 0) is 0 Å². The maximum Gasteiger partial charge on any atom is 0.0724 e. The van der Waals surface area contributed by atoms with Crippen molar-refractivity contribution in [1.82, 2.24) is 4.98 Å². The highest BCUT2D eigenvalue weighted by Gasteiger charge is 2.00. The van der Waals surface area contributed by atoms with Gasteiger partial charge in [-0.15, -0.1) is 0 Å². The van der Waals surface area contributed by atoms with Crippen molar-refractivity contribution in [2.24, 2.45) is 0 Å². The number of nitrogens with one attached hydrogen (secondary N) is 1. The first-order valence-electron chi connectivity index (χ1n) is 4.98. The molecule has 0 unspecified atom stereocenters. The molecule has 0 saturated heterocycles. The maximum atomic E-state index is 7.60. The zero-order valence-electron chi connectivity index (χ0n) is 8.20. The van der Waals surface area contributed by atoms with Crippen molar-refractivity contribution in [3.8, 4) is 0 Å². The minimum absolute atomic E-state index is 0.630. The Morgan fingerprint density at radius 2 is 2.07 bits per heavy atom. The van der Waals surface area contributed by atoms with Crippen molar-refractivity contribution in [1.29, 1.82) is 5.41 Å². The lowest BCUT2D eigenvalue weighted by Gasteiger charge is -2.02. The fourth-order valence-electron chi connectivity index (χ4n) is 1.87. The largest absolute Gasteiger partial charge is 0.305 e. The van der Waals surface area contributed by atoms with E-state index in [-0.39, 0.29) is 0 Å². The van der Waals surface area contributed by atoms with E-state index in [1.807, 2.05) is 24.3 Å². The highest BCUT2D eigenvalue weighted by atomic mass is 14.7. The molecular weight excluding hydrogens is 184 g/mol. The van der Waals surface area contributed by atoms with Crippen LogP contribution in [0, 0.1) is 5.41 Å². The normalized spacial score (nSPS) is 14.3. The number of pyridine rings is 1. The summed E-state index contributed by atoms with van der Waals surface area (Å²) in [7, 11) is 0. The van der Waals surface area contributed by atoms with Crippen molar-refractivity contribution in [3.63, 3.8) is 0 Å². The van der Waals surface area contributed by atoms with Gasteiger partial charge in [0.25, 0.3) is 0 Å². The van der Waals surface area contributed by atoms with E-state index in [9.17, 15) is 0 Å². The minimum atomic E-state index is 0.630. The standard InChI is InChI=1S/C13H10N2/c14-11-6-5-10-7-9-3-1-2-4-12(9)15-13(10)8-11/h1-5,7-8,14H,6H2. The van der Waals surface area contributed by atoms with Gasteiger partial charge in [-0.2, -0.15) is 0 Å². The molecule has 0 radical (unpaired) electrons. The van der Waals surface area contributed by atoms with Crippen molar-refractivity contribution in [2.75, 3.05) is 0 Å². The summed E-state index contributed by atoms with van der Waals surface area (Å²) in [6, 6.07) is 10.2. The van der Waals surface area contributed by atoms with Crippen LogP contribution in [0.1, 0.15) is 6.42 Å². The van der Waals surface area contributed by atoms with E-state index in [2.05, 4.69) is 23.2 Å². The molecule has 2 nitrogen and oxygen atoms in total. The molecule has 2 heteroatoms. The maximum absolute atomic E-state index is 7.60. The first-order chi connectivity index (χ1) is 7.33. The molecule has 0 amide bonds. The van der Waals surface area contributed by atoms with Gasteiger partial charge in [-0.05, 0) is 23.4 Å². The molecule has 0 atom stereocenters. The predicted molar refractivity (Wildman–Crippen MR) is 62.3 cm³/mol. The third-order valence-electron chi connectivity index (χ3n) is 2.64. The van der Waals surface area contributed by atoms with Crippen LogP contribution in [0.15, 0.2) is 30.3 Å². The molecule has 1 aromatic heterocycles. The van der Waals surface area contributed by atoms with Gasteiger partial charge >= 0.3 is 0 Å². The Bertz CT molecular complexity index is 668. The van der Waals surface area contributed by atoms with Crippen LogP contribution in [0.3, 0.4) is 0 Å². The second kappa shape index (κ2) is 3.02. The van der Waals surface area contributed by atoms with Crippen molar-refractivity contribution in [3.05, 3.63) is 40.9 Å². The summed E-state index contributed by atoms with van der Waals surface area (Å²) in [5.74, 6) is 0. The SMILES string of the molecule is N=C1C=c2nc3ccccc3cc2=CC1. The molecule has 1 aliphatic carbocycles. The highest BCUT2D eigenvalue weighted by molar-refractivity contribution is 6.11. The predicted octanol–water partition coefficient (Wildman–Crippen LogP) is 1.22. The van der Waals surface area contributed by atoms with E-state index < -0.39 is 0 Å².